The van der Waals surface area contributed by atoms with Gasteiger partial charge in [-0.3, -0.25) is 4.98 Å². The van der Waals surface area contributed by atoms with Gasteiger partial charge in [0.15, 0.2) is 0 Å². The highest BCUT2D eigenvalue weighted by molar-refractivity contribution is 5.60. The van der Waals surface area contributed by atoms with Crippen molar-refractivity contribution in [1.29, 1.82) is 0 Å². The van der Waals surface area contributed by atoms with Crippen LogP contribution in [0.3, 0.4) is 0 Å². The third-order valence-electron chi connectivity index (χ3n) is 4.70. The lowest BCUT2D eigenvalue weighted by molar-refractivity contribution is 0.628. The number of aromatic nitrogens is 2. The van der Waals surface area contributed by atoms with Gasteiger partial charge in [0.2, 0.25) is 0 Å². The summed E-state index contributed by atoms with van der Waals surface area (Å²) in [6, 6.07) is 14.6. The molecule has 3 heterocycles. The molecule has 0 radical (unpaired) electrons. The second-order valence-corrected chi connectivity index (χ2v) is 6.01. The molecule has 1 aromatic carbocycles. The molecule has 116 valence electrons. The first-order valence-electron chi connectivity index (χ1n) is 7.91. The lowest BCUT2D eigenvalue weighted by Crippen LogP contribution is -2.36. The summed E-state index contributed by atoms with van der Waals surface area (Å²) in [6.07, 6.45) is 6.91. The van der Waals surface area contributed by atoms with Crippen LogP contribution in [0, 0.1) is 0 Å². The number of para-hydroxylation sites is 1. The fraction of sp³-hybridized carbons (Fsp3) is 0.211. The Labute approximate surface area is 136 Å². The van der Waals surface area contributed by atoms with Crippen LogP contribution in [0.5, 0.6) is 0 Å². The number of benzene rings is 1. The van der Waals surface area contributed by atoms with Gasteiger partial charge in [-0.1, -0.05) is 18.2 Å². The van der Waals surface area contributed by atoms with Crippen molar-refractivity contribution in [3.05, 3.63) is 77.9 Å². The van der Waals surface area contributed by atoms with E-state index in [4.69, 9.17) is 5.73 Å². The average Bonchev–Trinajstić information content (AvgIpc) is 2.97. The molecule has 1 aliphatic heterocycles. The Kier molecular flexibility index (Phi) is 3.30. The van der Waals surface area contributed by atoms with E-state index in [0.717, 1.165) is 29.9 Å². The van der Waals surface area contributed by atoms with E-state index in [1.54, 1.807) is 0 Å². The Hall–Kier alpha value is -2.75. The number of aryl methyl sites for hydroxylation is 1. The average molecular weight is 304 g/mol. The molecule has 1 aliphatic rings. The van der Waals surface area contributed by atoms with Gasteiger partial charge in [0.25, 0.3) is 0 Å². The van der Waals surface area contributed by atoms with Gasteiger partial charge in [-0.15, -0.1) is 0 Å². The van der Waals surface area contributed by atoms with E-state index in [1.807, 2.05) is 30.6 Å². The van der Waals surface area contributed by atoms with Crippen LogP contribution in [0.2, 0.25) is 0 Å². The molecule has 0 bridgehead atoms. The first kappa shape index (κ1) is 13.9. The van der Waals surface area contributed by atoms with Crippen LogP contribution in [0.1, 0.15) is 22.9 Å². The van der Waals surface area contributed by atoms with Gasteiger partial charge in [-0.05, 0) is 24.3 Å². The Balaban J connectivity index is 1.89. The molecule has 0 fully saturated rings. The molecule has 1 unspecified atom stereocenters. The minimum atomic E-state index is 0.130. The van der Waals surface area contributed by atoms with Crippen LogP contribution in [-0.4, -0.2) is 16.1 Å². The van der Waals surface area contributed by atoms with Gasteiger partial charge < -0.3 is 15.2 Å². The summed E-state index contributed by atoms with van der Waals surface area (Å²) in [6.45, 7) is 0.954. The number of rotatable bonds is 2. The van der Waals surface area contributed by atoms with Gasteiger partial charge in [-0.2, -0.15) is 0 Å². The van der Waals surface area contributed by atoms with E-state index in [-0.39, 0.29) is 6.04 Å². The summed E-state index contributed by atoms with van der Waals surface area (Å²) in [7, 11) is 2.12. The maximum absolute atomic E-state index is 6.31. The number of nitrogens with two attached hydrogens (primary N) is 1. The summed E-state index contributed by atoms with van der Waals surface area (Å²) < 4.78 is 2.22. The number of nitrogens with zero attached hydrogens (tertiary/aromatic N) is 3. The highest BCUT2D eigenvalue weighted by atomic mass is 15.2. The molecular formula is C19H20N4. The predicted octanol–water partition coefficient (Wildman–Crippen LogP) is 3.15. The van der Waals surface area contributed by atoms with Crippen LogP contribution in [0.25, 0.3) is 0 Å². The van der Waals surface area contributed by atoms with Crippen molar-refractivity contribution in [3.8, 4) is 0 Å². The molecule has 0 saturated carbocycles. The maximum Gasteiger partial charge on any atom is 0.0833 e. The first-order chi connectivity index (χ1) is 11.3. The van der Waals surface area contributed by atoms with Crippen molar-refractivity contribution in [3.63, 3.8) is 0 Å². The molecule has 2 N–H and O–H groups in total. The second kappa shape index (κ2) is 5.47. The number of anilines is 2. The van der Waals surface area contributed by atoms with Crippen LogP contribution in [0.4, 0.5) is 11.4 Å². The molecule has 4 nitrogen and oxygen atoms in total. The number of pyridine rings is 1. The molecule has 1 atom stereocenters. The molecule has 0 amide bonds. The van der Waals surface area contributed by atoms with E-state index in [1.165, 1.54) is 11.3 Å². The highest BCUT2D eigenvalue weighted by Crippen LogP contribution is 2.40. The van der Waals surface area contributed by atoms with Crippen LogP contribution in [0.15, 0.2) is 61.1 Å². The largest absolute Gasteiger partial charge is 0.398 e. The van der Waals surface area contributed by atoms with E-state index < -0.39 is 0 Å². The quantitative estimate of drug-likeness (QED) is 0.740. The molecule has 2 aromatic heterocycles. The molecule has 0 aliphatic carbocycles. The number of hydrogen-bond donors (Lipinski definition) is 1. The van der Waals surface area contributed by atoms with Crippen molar-refractivity contribution in [1.82, 2.24) is 9.55 Å². The van der Waals surface area contributed by atoms with Crippen LogP contribution >= 0.6 is 0 Å². The number of hydrogen-bond acceptors (Lipinski definition) is 3. The molecule has 4 heteroatoms. The summed E-state index contributed by atoms with van der Waals surface area (Å²) in [4.78, 5) is 6.70. The van der Waals surface area contributed by atoms with Crippen molar-refractivity contribution >= 4 is 11.4 Å². The molecular weight excluding hydrogens is 284 g/mol. The molecule has 0 spiro atoms. The summed E-state index contributed by atoms with van der Waals surface area (Å²) in [5.41, 5.74) is 12.2. The molecule has 0 saturated heterocycles. The van der Waals surface area contributed by atoms with Gasteiger partial charge in [0, 0.05) is 54.9 Å². The fourth-order valence-electron chi connectivity index (χ4n) is 3.57. The van der Waals surface area contributed by atoms with Crippen molar-refractivity contribution in [2.45, 2.75) is 12.5 Å². The Bertz CT molecular complexity index is 822. The fourth-order valence-corrected chi connectivity index (χ4v) is 3.57. The zero-order valence-corrected chi connectivity index (χ0v) is 13.2. The minimum Gasteiger partial charge on any atom is -0.398 e. The highest BCUT2D eigenvalue weighted by Gasteiger charge is 2.31. The molecule has 4 rings (SSSR count). The molecule has 23 heavy (non-hydrogen) atoms. The standard InChI is InChI=1S/C19H20N4/c1-22-11-8-16-18(22)9-12-23(14-5-4-10-21-13-14)19(16)15-6-2-3-7-17(15)20/h2-8,10-11,13,19H,9,12,20H2,1H3. The predicted molar refractivity (Wildman–Crippen MR) is 93.4 cm³/mol. The number of nitrogen functional groups attached to an aromatic ring is 1. The minimum absolute atomic E-state index is 0.130. The Morgan fingerprint density at radius 3 is 2.74 bits per heavy atom. The van der Waals surface area contributed by atoms with Crippen molar-refractivity contribution in [2.75, 3.05) is 17.2 Å². The topological polar surface area (TPSA) is 47.1 Å². The zero-order chi connectivity index (χ0) is 15.8. The van der Waals surface area contributed by atoms with Gasteiger partial charge >= 0.3 is 0 Å². The normalized spacial score (nSPS) is 17.1. The smallest absolute Gasteiger partial charge is 0.0833 e. The SMILES string of the molecule is Cn1ccc2c1CCN(c1cccnc1)C2c1ccccc1N. The lowest BCUT2D eigenvalue weighted by Gasteiger charge is -2.38. The zero-order valence-electron chi connectivity index (χ0n) is 13.2. The van der Waals surface area contributed by atoms with E-state index in [2.05, 4.69) is 52.0 Å². The van der Waals surface area contributed by atoms with Crippen LogP contribution in [-0.2, 0) is 13.5 Å². The van der Waals surface area contributed by atoms with Gasteiger partial charge in [-0.25, -0.2) is 0 Å². The Morgan fingerprint density at radius 2 is 1.96 bits per heavy atom. The number of fused-ring (bicyclic) bond motifs is 1. The summed E-state index contributed by atoms with van der Waals surface area (Å²) >= 11 is 0. The first-order valence-corrected chi connectivity index (χ1v) is 7.91. The lowest BCUT2D eigenvalue weighted by atomic mass is 9.91. The molecule has 3 aromatic rings. The van der Waals surface area contributed by atoms with E-state index in [9.17, 15) is 0 Å². The third kappa shape index (κ3) is 2.27. The van der Waals surface area contributed by atoms with E-state index in [0.29, 0.717) is 0 Å². The summed E-state index contributed by atoms with van der Waals surface area (Å²) in [5, 5.41) is 0. The maximum atomic E-state index is 6.31. The van der Waals surface area contributed by atoms with Gasteiger partial charge in [0.1, 0.15) is 0 Å². The van der Waals surface area contributed by atoms with Crippen molar-refractivity contribution < 1.29 is 0 Å². The van der Waals surface area contributed by atoms with Crippen molar-refractivity contribution in [2.24, 2.45) is 7.05 Å². The second-order valence-electron chi connectivity index (χ2n) is 6.01. The Morgan fingerprint density at radius 1 is 1.09 bits per heavy atom. The van der Waals surface area contributed by atoms with E-state index >= 15 is 0 Å². The monoisotopic (exact) mass is 304 g/mol. The third-order valence-corrected chi connectivity index (χ3v) is 4.70. The van der Waals surface area contributed by atoms with Crippen LogP contribution < -0.4 is 10.6 Å². The van der Waals surface area contributed by atoms with Gasteiger partial charge in [0.05, 0.1) is 17.9 Å². The summed E-state index contributed by atoms with van der Waals surface area (Å²) in [5.74, 6) is 0.